The number of rotatable bonds is 8. The number of likely N-dealkylation sites (tertiary alicyclic amines) is 1. The summed E-state index contributed by atoms with van der Waals surface area (Å²) in [4.78, 5) is 27.5. The Labute approximate surface area is 115 Å². The first-order chi connectivity index (χ1) is 9.04. The van der Waals surface area contributed by atoms with E-state index in [9.17, 15) is 9.59 Å². The summed E-state index contributed by atoms with van der Waals surface area (Å²) in [6.07, 6.45) is 0.348. The molecule has 0 spiro atoms. The Morgan fingerprint density at radius 2 is 2.16 bits per heavy atom. The summed E-state index contributed by atoms with van der Waals surface area (Å²) in [5.74, 6) is -0.0939. The largest absolute Gasteiger partial charge is 0.355 e. The van der Waals surface area contributed by atoms with E-state index in [-0.39, 0.29) is 17.7 Å². The molecule has 0 aromatic carbocycles. The molecule has 1 rings (SSSR count). The van der Waals surface area contributed by atoms with Crippen molar-refractivity contribution in [3.8, 4) is 0 Å². The van der Waals surface area contributed by atoms with Crippen LogP contribution in [0.1, 0.15) is 13.3 Å². The van der Waals surface area contributed by atoms with Crippen LogP contribution in [0.25, 0.3) is 0 Å². The Morgan fingerprint density at radius 1 is 1.42 bits per heavy atom. The fourth-order valence-corrected chi connectivity index (χ4v) is 2.08. The van der Waals surface area contributed by atoms with Gasteiger partial charge in [0, 0.05) is 39.1 Å². The molecule has 1 saturated heterocycles. The zero-order chi connectivity index (χ0) is 14.3. The standard InChI is InChI=1S/C13H26N4O2/c1-4-14-5-6-15-13(19)11-9-12(18)17(10-11)8-7-16(2)3/h11,14H,4-10H2,1-3H3,(H,15,19). The number of nitrogens with zero attached hydrogens (tertiary/aromatic N) is 2. The molecule has 1 heterocycles. The van der Waals surface area contributed by atoms with Crippen LogP contribution >= 0.6 is 0 Å². The maximum atomic E-state index is 11.9. The third-order valence-corrected chi connectivity index (χ3v) is 3.25. The second-order valence-electron chi connectivity index (χ2n) is 5.19. The molecule has 0 bridgehead atoms. The molecule has 0 radical (unpaired) electrons. The van der Waals surface area contributed by atoms with Crippen LogP contribution < -0.4 is 10.6 Å². The maximum Gasteiger partial charge on any atom is 0.225 e. The molecule has 1 atom stereocenters. The number of amides is 2. The predicted octanol–water partition coefficient (Wildman–Crippen LogP) is -0.878. The van der Waals surface area contributed by atoms with Gasteiger partial charge in [-0.1, -0.05) is 6.92 Å². The lowest BCUT2D eigenvalue weighted by molar-refractivity contribution is -0.129. The molecule has 0 saturated carbocycles. The number of likely N-dealkylation sites (N-methyl/N-ethyl adjacent to an activating group) is 2. The minimum absolute atomic E-state index is 0.00129. The van der Waals surface area contributed by atoms with E-state index < -0.39 is 0 Å². The summed E-state index contributed by atoms with van der Waals surface area (Å²) in [5, 5.41) is 6.02. The molecule has 2 N–H and O–H groups in total. The van der Waals surface area contributed by atoms with Crippen LogP contribution in [0.5, 0.6) is 0 Å². The minimum Gasteiger partial charge on any atom is -0.355 e. The SMILES string of the molecule is CCNCCNC(=O)C1CC(=O)N(CCN(C)C)C1. The zero-order valence-electron chi connectivity index (χ0n) is 12.2. The van der Waals surface area contributed by atoms with Crippen molar-refractivity contribution in [2.45, 2.75) is 13.3 Å². The molecule has 0 aliphatic carbocycles. The summed E-state index contributed by atoms with van der Waals surface area (Å²) in [6, 6.07) is 0. The lowest BCUT2D eigenvalue weighted by atomic mass is 10.1. The molecule has 2 amide bonds. The van der Waals surface area contributed by atoms with E-state index in [4.69, 9.17) is 0 Å². The molecular weight excluding hydrogens is 244 g/mol. The van der Waals surface area contributed by atoms with Crippen LogP contribution in [0.2, 0.25) is 0 Å². The number of hydrogen-bond acceptors (Lipinski definition) is 4. The van der Waals surface area contributed by atoms with Crippen LogP contribution in [0.4, 0.5) is 0 Å². The van der Waals surface area contributed by atoms with Crippen molar-refractivity contribution in [1.82, 2.24) is 20.4 Å². The monoisotopic (exact) mass is 270 g/mol. The summed E-state index contributed by atoms with van der Waals surface area (Å²) in [7, 11) is 3.96. The molecule has 1 aliphatic heterocycles. The maximum absolute atomic E-state index is 11.9. The first-order valence-corrected chi connectivity index (χ1v) is 6.95. The normalized spacial score (nSPS) is 19.3. The van der Waals surface area contributed by atoms with E-state index in [0.717, 1.165) is 19.6 Å². The van der Waals surface area contributed by atoms with Gasteiger partial charge in [0.2, 0.25) is 11.8 Å². The van der Waals surface area contributed by atoms with Crippen molar-refractivity contribution < 1.29 is 9.59 Å². The van der Waals surface area contributed by atoms with Gasteiger partial charge in [-0.05, 0) is 20.6 Å². The lowest BCUT2D eigenvalue weighted by Gasteiger charge is -2.19. The molecule has 110 valence electrons. The molecular formula is C13H26N4O2. The van der Waals surface area contributed by atoms with E-state index in [1.807, 2.05) is 25.9 Å². The highest BCUT2D eigenvalue weighted by molar-refractivity contribution is 5.89. The minimum atomic E-state index is -0.184. The van der Waals surface area contributed by atoms with E-state index >= 15 is 0 Å². The predicted molar refractivity (Wildman–Crippen MR) is 74.8 cm³/mol. The Hall–Kier alpha value is -1.14. The van der Waals surface area contributed by atoms with Gasteiger partial charge >= 0.3 is 0 Å². The number of nitrogens with one attached hydrogen (secondary N) is 2. The van der Waals surface area contributed by atoms with Gasteiger partial charge in [-0.25, -0.2) is 0 Å². The summed E-state index contributed by atoms with van der Waals surface area (Å²) in [5.41, 5.74) is 0. The molecule has 1 fully saturated rings. The van der Waals surface area contributed by atoms with Gasteiger partial charge in [-0.15, -0.1) is 0 Å². The van der Waals surface area contributed by atoms with Crippen LogP contribution in [0.15, 0.2) is 0 Å². The highest BCUT2D eigenvalue weighted by Gasteiger charge is 2.33. The second kappa shape index (κ2) is 8.12. The average Bonchev–Trinajstić information content (AvgIpc) is 2.73. The zero-order valence-corrected chi connectivity index (χ0v) is 12.2. The van der Waals surface area contributed by atoms with Gasteiger partial charge in [0.1, 0.15) is 0 Å². The molecule has 1 unspecified atom stereocenters. The van der Waals surface area contributed by atoms with Gasteiger partial charge < -0.3 is 20.4 Å². The smallest absolute Gasteiger partial charge is 0.225 e. The van der Waals surface area contributed by atoms with Crippen LogP contribution in [-0.4, -0.2) is 75.0 Å². The molecule has 19 heavy (non-hydrogen) atoms. The van der Waals surface area contributed by atoms with Crippen molar-refractivity contribution in [2.24, 2.45) is 5.92 Å². The van der Waals surface area contributed by atoms with Gasteiger partial charge in [0.25, 0.3) is 0 Å². The number of carbonyl (C=O) groups excluding carboxylic acids is 2. The number of carbonyl (C=O) groups is 2. The molecule has 6 nitrogen and oxygen atoms in total. The quantitative estimate of drug-likeness (QED) is 0.562. The average molecular weight is 270 g/mol. The Balaban J connectivity index is 2.28. The van der Waals surface area contributed by atoms with Gasteiger partial charge in [0.15, 0.2) is 0 Å². The van der Waals surface area contributed by atoms with Gasteiger partial charge in [-0.2, -0.15) is 0 Å². The fraction of sp³-hybridized carbons (Fsp3) is 0.846. The molecule has 0 aromatic heterocycles. The summed E-state index contributed by atoms with van der Waals surface area (Å²) in [6.45, 7) is 6.41. The van der Waals surface area contributed by atoms with Gasteiger partial charge in [-0.3, -0.25) is 9.59 Å². The van der Waals surface area contributed by atoms with E-state index in [2.05, 4.69) is 10.6 Å². The Morgan fingerprint density at radius 3 is 2.79 bits per heavy atom. The Bertz CT molecular complexity index is 307. The van der Waals surface area contributed by atoms with Crippen molar-refractivity contribution >= 4 is 11.8 Å². The summed E-state index contributed by atoms with van der Waals surface area (Å²) < 4.78 is 0. The van der Waals surface area contributed by atoms with E-state index in [1.54, 1.807) is 4.90 Å². The second-order valence-corrected chi connectivity index (χ2v) is 5.19. The Kier molecular flexibility index (Phi) is 6.80. The van der Waals surface area contributed by atoms with Crippen molar-refractivity contribution in [3.05, 3.63) is 0 Å². The van der Waals surface area contributed by atoms with E-state index in [0.29, 0.717) is 26.1 Å². The molecule has 1 aliphatic rings. The number of hydrogen-bond donors (Lipinski definition) is 2. The summed E-state index contributed by atoms with van der Waals surface area (Å²) >= 11 is 0. The molecule has 0 aromatic rings. The molecule has 6 heteroatoms. The van der Waals surface area contributed by atoms with Crippen LogP contribution in [0.3, 0.4) is 0 Å². The van der Waals surface area contributed by atoms with Gasteiger partial charge in [0.05, 0.1) is 5.92 Å². The first-order valence-electron chi connectivity index (χ1n) is 6.95. The van der Waals surface area contributed by atoms with Crippen LogP contribution in [0, 0.1) is 5.92 Å². The fourth-order valence-electron chi connectivity index (χ4n) is 2.08. The highest BCUT2D eigenvalue weighted by atomic mass is 16.2. The van der Waals surface area contributed by atoms with Crippen molar-refractivity contribution in [3.63, 3.8) is 0 Å². The van der Waals surface area contributed by atoms with Crippen molar-refractivity contribution in [1.29, 1.82) is 0 Å². The first kappa shape index (κ1) is 15.9. The third-order valence-electron chi connectivity index (χ3n) is 3.25. The topological polar surface area (TPSA) is 64.7 Å². The van der Waals surface area contributed by atoms with E-state index in [1.165, 1.54) is 0 Å². The van der Waals surface area contributed by atoms with Crippen molar-refractivity contribution in [2.75, 3.05) is 53.4 Å². The lowest BCUT2D eigenvalue weighted by Crippen LogP contribution is -2.37. The highest BCUT2D eigenvalue weighted by Crippen LogP contribution is 2.17. The third kappa shape index (κ3) is 5.57. The van der Waals surface area contributed by atoms with Crippen LogP contribution in [-0.2, 0) is 9.59 Å².